The molecular weight excluding hydrogens is 248 g/mol. The molecule has 1 aliphatic carbocycles. The van der Waals surface area contributed by atoms with E-state index in [0.717, 1.165) is 11.5 Å². The fourth-order valence-electron chi connectivity index (χ4n) is 2.72. The van der Waals surface area contributed by atoms with Gasteiger partial charge in [-0.1, -0.05) is 30.9 Å². The van der Waals surface area contributed by atoms with Gasteiger partial charge in [-0.3, -0.25) is 0 Å². The zero-order valence-electron chi connectivity index (χ0n) is 11.2. The molecule has 1 fully saturated rings. The molecule has 0 spiro atoms. The van der Waals surface area contributed by atoms with E-state index in [2.05, 4.69) is 9.97 Å². The Bertz CT molecular complexity index is 371. The van der Waals surface area contributed by atoms with E-state index in [1.807, 2.05) is 13.8 Å². The number of halogens is 1. The van der Waals surface area contributed by atoms with Gasteiger partial charge in [0.1, 0.15) is 11.3 Å². The van der Waals surface area contributed by atoms with E-state index in [4.69, 9.17) is 16.3 Å². The summed E-state index contributed by atoms with van der Waals surface area (Å²) in [6.45, 7) is 4.66. The van der Waals surface area contributed by atoms with Crippen molar-refractivity contribution in [1.29, 1.82) is 0 Å². The fraction of sp³-hybridized carbons (Fsp3) is 0.714. The molecule has 0 amide bonds. The first-order valence-corrected chi connectivity index (χ1v) is 7.21. The predicted octanol–water partition coefficient (Wildman–Crippen LogP) is 4.10. The summed E-state index contributed by atoms with van der Waals surface area (Å²) in [6.07, 6.45) is 6.33. The van der Waals surface area contributed by atoms with Gasteiger partial charge in [0.15, 0.2) is 5.82 Å². The first-order chi connectivity index (χ1) is 8.70. The van der Waals surface area contributed by atoms with Crippen molar-refractivity contribution in [3.05, 3.63) is 22.7 Å². The molecule has 0 N–H and O–H groups in total. The molecule has 1 unspecified atom stereocenters. The van der Waals surface area contributed by atoms with Crippen LogP contribution in [0.3, 0.4) is 0 Å². The lowest BCUT2D eigenvalue weighted by atomic mass is 9.85. The lowest BCUT2D eigenvalue weighted by Crippen LogP contribution is -2.21. The zero-order valence-corrected chi connectivity index (χ0v) is 11.9. The highest BCUT2D eigenvalue weighted by atomic mass is 35.5. The van der Waals surface area contributed by atoms with Crippen LogP contribution in [0, 0.1) is 12.8 Å². The summed E-state index contributed by atoms with van der Waals surface area (Å²) >= 11 is 6.03. The Morgan fingerprint density at radius 2 is 2.06 bits per heavy atom. The van der Waals surface area contributed by atoms with Crippen molar-refractivity contribution >= 4 is 11.6 Å². The van der Waals surface area contributed by atoms with Crippen molar-refractivity contribution in [3.63, 3.8) is 0 Å². The SMILES string of the molecule is CCOC(c1nc(C)cc(Cl)n1)C1CCCCC1. The van der Waals surface area contributed by atoms with E-state index < -0.39 is 0 Å². The Kier molecular flexibility index (Phi) is 4.95. The fourth-order valence-corrected chi connectivity index (χ4v) is 2.96. The van der Waals surface area contributed by atoms with Gasteiger partial charge in [-0.2, -0.15) is 0 Å². The smallest absolute Gasteiger partial charge is 0.159 e. The van der Waals surface area contributed by atoms with Crippen molar-refractivity contribution in [3.8, 4) is 0 Å². The van der Waals surface area contributed by atoms with Crippen molar-refractivity contribution < 1.29 is 4.74 Å². The molecule has 1 atom stereocenters. The monoisotopic (exact) mass is 268 g/mol. The highest BCUT2D eigenvalue weighted by Gasteiger charge is 2.28. The van der Waals surface area contributed by atoms with Crippen LogP contribution in [0.25, 0.3) is 0 Å². The molecule has 1 heterocycles. The van der Waals surface area contributed by atoms with Gasteiger partial charge in [0.25, 0.3) is 0 Å². The third-order valence-electron chi connectivity index (χ3n) is 3.52. The third-order valence-corrected chi connectivity index (χ3v) is 3.71. The lowest BCUT2D eigenvalue weighted by Gasteiger charge is -2.29. The minimum absolute atomic E-state index is 0.00713. The zero-order chi connectivity index (χ0) is 13.0. The molecule has 0 radical (unpaired) electrons. The summed E-state index contributed by atoms with van der Waals surface area (Å²) in [5.41, 5.74) is 0.908. The maximum absolute atomic E-state index is 6.03. The van der Waals surface area contributed by atoms with Crippen molar-refractivity contribution in [2.75, 3.05) is 6.61 Å². The quantitative estimate of drug-likeness (QED) is 0.772. The Hall–Kier alpha value is -0.670. The molecule has 3 nitrogen and oxygen atoms in total. The van der Waals surface area contributed by atoms with E-state index in [1.54, 1.807) is 6.07 Å². The molecule has 0 aliphatic heterocycles. The van der Waals surface area contributed by atoms with Gasteiger partial charge in [0.05, 0.1) is 0 Å². The number of aryl methyl sites for hydroxylation is 1. The molecule has 100 valence electrons. The van der Waals surface area contributed by atoms with Gasteiger partial charge in [-0.15, -0.1) is 0 Å². The minimum atomic E-state index is 0.00713. The van der Waals surface area contributed by atoms with Crippen LogP contribution in [-0.4, -0.2) is 16.6 Å². The molecule has 4 heteroatoms. The second-order valence-corrected chi connectivity index (χ2v) is 5.35. The topological polar surface area (TPSA) is 35.0 Å². The number of rotatable bonds is 4. The van der Waals surface area contributed by atoms with Gasteiger partial charge in [0.2, 0.25) is 0 Å². The van der Waals surface area contributed by atoms with Crippen molar-refractivity contribution in [2.24, 2.45) is 5.92 Å². The number of nitrogens with zero attached hydrogens (tertiary/aromatic N) is 2. The van der Waals surface area contributed by atoms with E-state index in [-0.39, 0.29) is 6.10 Å². The highest BCUT2D eigenvalue weighted by molar-refractivity contribution is 6.29. The standard InChI is InChI=1S/C14H21ClN2O/c1-3-18-13(11-7-5-4-6-8-11)14-16-10(2)9-12(15)17-14/h9,11,13H,3-8H2,1-2H3. The molecule has 0 bridgehead atoms. The van der Waals surface area contributed by atoms with Crippen LogP contribution in [0.1, 0.15) is 56.7 Å². The Morgan fingerprint density at radius 3 is 2.67 bits per heavy atom. The van der Waals surface area contributed by atoms with Gasteiger partial charge < -0.3 is 4.74 Å². The second kappa shape index (κ2) is 6.48. The van der Waals surface area contributed by atoms with Crippen LogP contribution in [0.15, 0.2) is 6.07 Å². The van der Waals surface area contributed by atoms with E-state index >= 15 is 0 Å². The van der Waals surface area contributed by atoms with Crippen molar-refractivity contribution in [1.82, 2.24) is 9.97 Å². The molecule has 1 saturated carbocycles. The van der Waals surface area contributed by atoms with Crippen LogP contribution in [0.2, 0.25) is 5.15 Å². The summed E-state index contributed by atoms with van der Waals surface area (Å²) < 4.78 is 5.89. The van der Waals surface area contributed by atoms with Gasteiger partial charge in [-0.25, -0.2) is 9.97 Å². The molecule has 1 aromatic heterocycles. The van der Waals surface area contributed by atoms with Crippen LogP contribution in [0.4, 0.5) is 0 Å². The molecule has 1 aromatic rings. The van der Waals surface area contributed by atoms with Crippen LogP contribution in [0.5, 0.6) is 0 Å². The predicted molar refractivity (Wildman–Crippen MR) is 72.7 cm³/mol. The number of hydrogen-bond donors (Lipinski definition) is 0. The van der Waals surface area contributed by atoms with Crippen LogP contribution >= 0.6 is 11.6 Å². The summed E-state index contributed by atoms with van der Waals surface area (Å²) in [7, 11) is 0. The minimum Gasteiger partial charge on any atom is -0.370 e. The summed E-state index contributed by atoms with van der Waals surface area (Å²) in [5.74, 6) is 1.30. The average molecular weight is 269 g/mol. The molecule has 1 aliphatic rings. The first-order valence-electron chi connectivity index (χ1n) is 6.83. The maximum atomic E-state index is 6.03. The summed E-state index contributed by atoms with van der Waals surface area (Å²) in [4.78, 5) is 8.87. The lowest BCUT2D eigenvalue weighted by molar-refractivity contribution is -0.000278. The first kappa shape index (κ1) is 13.8. The van der Waals surface area contributed by atoms with E-state index in [0.29, 0.717) is 17.7 Å². The molecule has 2 rings (SSSR count). The number of hydrogen-bond acceptors (Lipinski definition) is 3. The molecule has 0 aromatic carbocycles. The average Bonchev–Trinajstić information content (AvgIpc) is 2.36. The van der Waals surface area contributed by atoms with Gasteiger partial charge >= 0.3 is 0 Å². The number of aromatic nitrogens is 2. The second-order valence-electron chi connectivity index (χ2n) is 4.96. The van der Waals surface area contributed by atoms with Crippen molar-refractivity contribution in [2.45, 2.75) is 52.1 Å². The number of ether oxygens (including phenoxy) is 1. The molecule has 0 saturated heterocycles. The normalized spacial score (nSPS) is 18.8. The van der Waals surface area contributed by atoms with E-state index in [1.165, 1.54) is 32.1 Å². The largest absolute Gasteiger partial charge is 0.370 e. The maximum Gasteiger partial charge on any atom is 0.159 e. The van der Waals surface area contributed by atoms with Gasteiger partial charge in [-0.05, 0) is 38.7 Å². The van der Waals surface area contributed by atoms with Crippen LogP contribution < -0.4 is 0 Å². The molecule has 18 heavy (non-hydrogen) atoms. The summed E-state index contributed by atoms with van der Waals surface area (Å²) in [5, 5.41) is 0.512. The van der Waals surface area contributed by atoms with E-state index in [9.17, 15) is 0 Å². The molecular formula is C14H21ClN2O. The Labute approximate surface area is 114 Å². The van der Waals surface area contributed by atoms with Crippen LogP contribution in [-0.2, 0) is 4.74 Å². The third kappa shape index (κ3) is 3.42. The Morgan fingerprint density at radius 1 is 1.33 bits per heavy atom. The summed E-state index contributed by atoms with van der Waals surface area (Å²) in [6, 6.07) is 1.79. The Balaban J connectivity index is 2.22. The highest BCUT2D eigenvalue weighted by Crippen LogP contribution is 2.35. The van der Waals surface area contributed by atoms with Gasteiger partial charge in [0, 0.05) is 12.3 Å².